The van der Waals surface area contributed by atoms with Crippen molar-refractivity contribution in [3.63, 3.8) is 0 Å². The van der Waals surface area contributed by atoms with Gasteiger partial charge in [-0.2, -0.15) is 0 Å². The molecule has 3 rings (SSSR count). The number of carboxylic acid groups (broad SMARTS) is 4. The fraction of sp³-hybridized carbons (Fsp3) is 0.349. The number of carbonyl (C=O) groups excluding carboxylic acids is 6. The van der Waals surface area contributed by atoms with E-state index in [1.165, 1.54) is 12.1 Å². The molecule has 21 nitrogen and oxygen atoms in total. The third-order valence-electron chi connectivity index (χ3n) is 9.48. The molecule has 0 saturated heterocycles. The molecule has 348 valence electrons. The third-order valence-corrected chi connectivity index (χ3v) is 9.48. The molecule has 2 unspecified atom stereocenters. The number of rotatable bonds is 27. The molecule has 0 aliphatic rings. The predicted molar refractivity (Wildman–Crippen MR) is 225 cm³/mol. The third kappa shape index (κ3) is 19.4. The summed E-state index contributed by atoms with van der Waals surface area (Å²) < 4.78 is 13.5. The zero-order valence-corrected chi connectivity index (χ0v) is 34.8. The highest BCUT2D eigenvalue weighted by Gasteiger charge is 2.31. The Morgan fingerprint density at radius 3 is 1.26 bits per heavy atom. The van der Waals surface area contributed by atoms with Gasteiger partial charge in [-0.1, -0.05) is 60.7 Å². The Morgan fingerprint density at radius 2 is 0.846 bits per heavy atom. The first kappa shape index (κ1) is 51.4. The van der Waals surface area contributed by atoms with Crippen LogP contribution in [0.15, 0.2) is 84.9 Å². The SMILES string of the molecule is O=C(O)CC[C@H](NC(=O)N[C@@H](CCC(=O)NCCNC(=O)CC[C@@H](NC(=O)C(Cc1ccccc1)NC(=O)C(Cc1ccccc1)NC(=O)c1ccc(F)cc1)C(=O)O)C(=O)O)C(=O)O. The van der Waals surface area contributed by atoms with E-state index in [1.54, 1.807) is 60.7 Å². The first-order valence-corrected chi connectivity index (χ1v) is 20.2. The average Bonchev–Trinajstić information content (AvgIpc) is 3.26. The number of amides is 7. The van der Waals surface area contributed by atoms with E-state index in [9.17, 15) is 67.7 Å². The van der Waals surface area contributed by atoms with Crippen LogP contribution in [0, 0.1) is 5.82 Å². The average molecular weight is 908 g/mol. The summed E-state index contributed by atoms with van der Waals surface area (Å²) in [5.41, 5.74) is 1.34. The number of halogens is 1. The van der Waals surface area contributed by atoms with Gasteiger partial charge >= 0.3 is 29.9 Å². The van der Waals surface area contributed by atoms with Crippen LogP contribution < -0.4 is 37.2 Å². The summed E-state index contributed by atoms with van der Waals surface area (Å²) in [6, 6.07) is 13.2. The molecule has 5 atom stereocenters. The van der Waals surface area contributed by atoms with Gasteiger partial charge in [0.25, 0.3) is 5.91 Å². The number of hydrogen-bond donors (Lipinski definition) is 11. The number of urea groups is 1. The van der Waals surface area contributed by atoms with E-state index >= 15 is 0 Å². The van der Waals surface area contributed by atoms with Crippen LogP contribution in [0.2, 0.25) is 0 Å². The molecule has 0 aromatic heterocycles. The highest BCUT2D eigenvalue weighted by molar-refractivity contribution is 5.99. The van der Waals surface area contributed by atoms with E-state index < -0.39 is 128 Å². The summed E-state index contributed by atoms with van der Waals surface area (Å²) in [7, 11) is 0. The molecule has 0 heterocycles. The highest BCUT2D eigenvalue weighted by Crippen LogP contribution is 2.10. The molecule has 0 saturated carbocycles. The van der Waals surface area contributed by atoms with Crippen molar-refractivity contribution in [2.45, 2.75) is 81.6 Å². The lowest BCUT2D eigenvalue weighted by Gasteiger charge is -2.25. The summed E-state index contributed by atoms with van der Waals surface area (Å²) in [4.78, 5) is 124. The highest BCUT2D eigenvalue weighted by atomic mass is 19.1. The normalized spacial score (nSPS) is 12.9. The van der Waals surface area contributed by atoms with Gasteiger partial charge in [-0.25, -0.2) is 23.6 Å². The fourth-order valence-electron chi connectivity index (χ4n) is 6.04. The Balaban J connectivity index is 1.55. The zero-order chi connectivity index (χ0) is 47.9. The standard InChI is InChI=1S/C43H50FN7O14/c44-28-13-11-27(12-14-28)37(56)48-32(23-25-7-3-1-4-8-25)39(58)49-33(24-26-9-5-2-6-10-26)38(57)47-29(40(59)60)15-18-34(52)45-21-22-46-35(53)19-16-30(41(61)62)50-43(65)51-31(42(63)64)17-20-36(54)55/h1-14,29-33H,15-24H2,(H,45,52)(H,46,53)(H,47,57)(H,48,56)(H,49,58)(H,54,55)(H,59,60)(H,61,62)(H,63,64)(H2,50,51,65)/t29-,30+,31+,32?,33?/m1/s1. The summed E-state index contributed by atoms with van der Waals surface area (Å²) in [5.74, 6) is -10.1. The number of carboxylic acids is 4. The lowest BCUT2D eigenvalue weighted by atomic mass is 10.0. The predicted octanol–water partition coefficient (Wildman–Crippen LogP) is 0.327. The number of carbonyl (C=O) groups is 10. The largest absolute Gasteiger partial charge is 0.481 e. The van der Waals surface area contributed by atoms with Gasteiger partial charge < -0.3 is 57.6 Å². The maximum absolute atomic E-state index is 13.9. The van der Waals surface area contributed by atoms with Crippen LogP contribution >= 0.6 is 0 Å². The van der Waals surface area contributed by atoms with Gasteiger partial charge in [0.05, 0.1) is 0 Å². The second-order valence-electron chi connectivity index (χ2n) is 14.5. The Labute approximate surface area is 370 Å². The first-order valence-electron chi connectivity index (χ1n) is 20.2. The Kier molecular flexibility index (Phi) is 21.0. The minimum Gasteiger partial charge on any atom is -0.481 e. The summed E-state index contributed by atoms with van der Waals surface area (Å²) >= 11 is 0. The molecule has 11 N–H and O–H groups in total. The van der Waals surface area contributed by atoms with Crippen molar-refractivity contribution in [1.82, 2.24) is 37.2 Å². The van der Waals surface area contributed by atoms with Crippen molar-refractivity contribution >= 4 is 59.4 Å². The van der Waals surface area contributed by atoms with Gasteiger partial charge in [0.1, 0.15) is 36.0 Å². The maximum atomic E-state index is 13.9. The Hall–Kier alpha value is -7.91. The van der Waals surface area contributed by atoms with E-state index in [2.05, 4.69) is 26.6 Å². The van der Waals surface area contributed by atoms with Crippen molar-refractivity contribution < 1.29 is 72.8 Å². The second kappa shape index (κ2) is 26.5. The monoisotopic (exact) mass is 907 g/mol. The minimum atomic E-state index is -1.62. The van der Waals surface area contributed by atoms with Crippen molar-refractivity contribution in [3.8, 4) is 0 Å². The van der Waals surface area contributed by atoms with Gasteiger partial charge in [0.15, 0.2) is 0 Å². The molecular formula is C43H50FN7O14. The van der Waals surface area contributed by atoms with E-state index in [4.69, 9.17) is 5.11 Å². The summed E-state index contributed by atoms with van der Waals surface area (Å²) in [6.07, 6.45) is -2.77. The van der Waals surface area contributed by atoms with Gasteiger partial charge in [0, 0.05) is 50.8 Å². The van der Waals surface area contributed by atoms with Crippen LogP contribution in [0.3, 0.4) is 0 Å². The van der Waals surface area contributed by atoms with Crippen LogP contribution in [0.5, 0.6) is 0 Å². The minimum absolute atomic E-state index is 0.00357. The number of nitrogens with one attached hydrogen (secondary N) is 7. The molecule has 3 aromatic rings. The molecule has 0 aliphatic carbocycles. The molecule has 65 heavy (non-hydrogen) atoms. The van der Waals surface area contributed by atoms with E-state index in [0.717, 1.165) is 12.1 Å². The quantitative estimate of drug-likeness (QED) is 0.0460. The smallest absolute Gasteiger partial charge is 0.326 e. The van der Waals surface area contributed by atoms with Crippen LogP contribution in [0.4, 0.5) is 9.18 Å². The van der Waals surface area contributed by atoms with Gasteiger partial charge in [-0.05, 0) is 54.7 Å². The molecule has 0 radical (unpaired) electrons. The summed E-state index contributed by atoms with van der Waals surface area (Å²) in [6.45, 7) is -0.284. The number of hydrogen-bond acceptors (Lipinski definition) is 10. The lowest BCUT2D eigenvalue weighted by Crippen LogP contribution is -2.57. The molecule has 0 spiro atoms. The molecule has 3 aromatic carbocycles. The molecule has 0 fully saturated rings. The fourth-order valence-corrected chi connectivity index (χ4v) is 6.04. The topological polar surface area (TPSA) is 336 Å². The van der Waals surface area contributed by atoms with Crippen molar-refractivity contribution in [2.24, 2.45) is 0 Å². The zero-order valence-electron chi connectivity index (χ0n) is 34.8. The Bertz CT molecular complexity index is 2140. The van der Waals surface area contributed by atoms with Crippen LogP contribution in [-0.2, 0) is 51.2 Å². The number of aliphatic carboxylic acids is 4. The van der Waals surface area contributed by atoms with Crippen molar-refractivity contribution in [3.05, 3.63) is 107 Å². The molecule has 7 amide bonds. The first-order chi connectivity index (χ1) is 30.9. The second-order valence-corrected chi connectivity index (χ2v) is 14.5. The molecular weight excluding hydrogens is 858 g/mol. The molecule has 0 aliphatic heterocycles. The van der Waals surface area contributed by atoms with Crippen molar-refractivity contribution in [2.75, 3.05) is 13.1 Å². The van der Waals surface area contributed by atoms with Crippen LogP contribution in [0.1, 0.15) is 60.0 Å². The summed E-state index contributed by atoms with van der Waals surface area (Å²) in [5, 5.41) is 53.8. The lowest BCUT2D eigenvalue weighted by molar-refractivity contribution is -0.143. The van der Waals surface area contributed by atoms with Gasteiger partial charge in [-0.3, -0.25) is 28.8 Å². The van der Waals surface area contributed by atoms with Crippen LogP contribution in [-0.4, -0.2) is 123 Å². The van der Waals surface area contributed by atoms with E-state index in [-0.39, 0.29) is 37.9 Å². The molecule has 0 bridgehead atoms. The maximum Gasteiger partial charge on any atom is 0.326 e. The number of benzene rings is 3. The molecule has 22 heteroatoms. The van der Waals surface area contributed by atoms with Gasteiger partial charge in [-0.15, -0.1) is 0 Å². The van der Waals surface area contributed by atoms with Gasteiger partial charge in [0.2, 0.25) is 23.6 Å². The Morgan fingerprint density at radius 1 is 0.462 bits per heavy atom. The van der Waals surface area contributed by atoms with Crippen molar-refractivity contribution in [1.29, 1.82) is 0 Å². The van der Waals surface area contributed by atoms with E-state index in [0.29, 0.717) is 11.1 Å². The van der Waals surface area contributed by atoms with E-state index in [1.807, 2.05) is 10.6 Å². The van der Waals surface area contributed by atoms with Crippen LogP contribution in [0.25, 0.3) is 0 Å².